The van der Waals surface area contributed by atoms with Crippen LogP contribution in [-0.4, -0.2) is 29.4 Å². The van der Waals surface area contributed by atoms with E-state index < -0.39 is 0 Å². The zero-order chi connectivity index (χ0) is 10.4. The molecular weight excluding hydrogens is 196 g/mol. The molecule has 0 aliphatic heterocycles. The fourth-order valence-corrected chi connectivity index (χ4v) is 2.41. The Bertz CT molecular complexity index is 194. The molecule has 0 N–H and O–H groups in total. The van der Waals surface area contributed by atoms with Crippen LogP contribution in [0.5, 0.6) is 0 Å². The first-order valence-corrected chi connectivity index (χ1v) is 5.99. The predicted molar refractivity (Wildman–Crippen MR) is 59.4 cm³/mol. The van der Waals surface area contributed by atoms with Crippen LogP contribution >= 0.6 is 11.6 Å². The molecule has 1 rings (SSSR count). The van der Waals surface area contributed by atoms with Crippen LogP contribution in [0.2, 0.25) is 0 Å². The molecule has 0 spiro atoms. The fraction of sp³-hybridized carbons (Fsp3) is 0.909. The minimum atomic E-state index is -0.350. The van der Waals surface area contributed by atoms with Crippen molar-refractivity contribution < 1.29 is 0 Å². The second kappa shape index (κ2) is 6.27. The lowest BCUT2D eigenvalue weighted by Crippen LogP contribution is -2.39. The van der Waals surface area contributed by atoms with E-state index in [2.05, 4.69) is 17.9 Å². The topological polar surface area (TPSA) is 27.0 Å². The maximum atomic E-state index is 8.67. The molecule has 0 bridgehead atoms. The van der Waals surface area contributed by atoms with Crippen LogP contribution in [0.3, 0.4) is 0 Å². The molecule has 0 amide bonds. The summed E-state index contributed by atoms with van der Waals surface area (Å²) < 4.78 is 0. The predicted octanol–water partition coefficient (Wildman–Crippen LogP) is 2.77. The lowest BCUT2D eigenvalue weighted by Gasteiger charge is -2.33. The van der Waals surface area contributed by atoms with E-state index in [0.29, 0.717) is 6.04 Å². The molecule has 1 atom stereocenters. The van der Waals surface area contributed by atoms with Crippen molar-refractivity contribution in [3.05, 3.63) is 0 Å². The van der Waals surface area contributed by atoms with Gasteiger partial charge in [-0.05, 0) is 19.4 Å². The van der Waals surface area contributed by atoms with Gasteiger partial charge in [0.1, 0.15) is 5.38 Å². The molecule has 0 aromatic heterocycles. The van der Waals surface area contributed by atoms with Crippen molar-refractivity contribution in [1.29, 1.82) is 5.26 Å². The fourth-order valence-electron chi connectivity index (χ4n) is 2.23. The molecular formula is C11H19ClN2. The van der Waals surface area contributed by atoms with E-state index in [0.717, 1.165) is 13.1 Å². The molecule has 1 unspecified atom stereocenters. The third-order valence-electron chi connectivity index (χ3n) is 3.03. The Kier molecular flexibility index (Phi) is 5.29. The van der Waals surface area contributed by atoms with Crippen molar-refractivity contribution in [3.8, 4) is 6.07 Å². The first kappa shape index (κ1) is 11.8. The van der Waals surface area contributed by atoms with Gasteiger partial charge in [0.05, 0.1) is 6.07 Å². The molecule has 1 aliphatic rings. The zero-order valence-corrected chi connectivity index (χ0v) is 9.63. The average Bonchev–Trinajstić information content (AvgIpc) is 2.26. The molecule has 80 valence electrons. The molecule has 14 heavy (non-hydrogen) atoms. The molecule has 1 saturated carbocycles. The van der Waals surface area contributed by atoms with E-state index in [1.807, 2.05) is 0 Å². The number of nitrogens with zero attached hydrogens (tertiary/aromatic N) is 2. The Balaban J connectivity index is 2.40. The maximum absolute atomic E-state index is 8.67. The molecule has 0 saturated heterocycles. The highest BCUT2D eigenvalue weighted by Gasteiger charge is 2.21. The van der Waals surface area contributed by atoms with Crippen molar-refractivity contribution in [3.63, 3.8) is 0 Å². The SMILES string of the molecule is CCN(CC(Cl)C#N)C1CCCCC1. The van der Waals surface area contributed by atoms with E-state index in [1.165, 1.54) is 32.1 Å². The Morgan fingerprint density at radius 1 is 1.43 bits per heavy atom. The Hall–Kier alpha value is -0.260. The van der Waals surface area contributed by atoms with Gasteiger partial charge in [0, 0.05) is 12.6 Å². The summed E-state index contributed by atoms with van der Waals surface area (Å²) in [4.78, 5) is 2.36. The van der Waals surface area contributed by atoms with E-state index in [-0.39, 0.29) is 5.38 Å². The Labute approximate surface area is 91.8 Å². The summed E-state index contributed by atoms with van der Waals surface area (Å²) in [6, 6.07) is 2.76. The van der Waals surface area contributed by atoms with Crippen molar-refractivity contribution in [1.82, 2.24) is 4.90 Å². The summed E-state index contributed by atoms with van der Waals surface area (Å²) in [6.45, 7) is 3.88. The van der Waals surface area contributed by atoms with Crippen LogP contribution in [-0.2, 0) is 0 Å². The van der Waals surface area contributed by atoms with Crippen molar-refractivity contribution in [2.24, 2.45) is 0 Å². The van der Waals surface area contributed by atoms with E-state index in [1.54, 1.807) is 0 Å². The largest absolute Gasteiger partial charge is 0.298 e. The summed E-state index contributed by atoms with van der Waals surface area (Å²) in [5.74, 6) is 0. The Morgan fingerprint density at radius 2 is 2.07 bits per heavy atom. The lowest BCUT2D eigenvalue weighted by atomic mass is 9.94. The molecule has 3 heteroatoms. The minimum Gasteiger partial charge on any atom is -0.298 e. The number of hydrogen-bond donors (Lipinski definition) is 0. The van der Waals surface area contributed by atoms with Crippen LogP contribution in [0.1, 0.15) is 39.0 Å². The van der Waals surface area contributed by atoms with E-state index in [4.69, 9.17) is 16.9 Å². The van der Waals surface area contributed by atoms with Gasteiger partial charge in [0.25, 0.3) is 0 Å². The van der Waals surface area contributed by atoms with Crippen LogP contribution in [0.15, 0.2) is 0 Å². The van der Waals surface area contributed by atoms with Crippen LogP contribution in [0.4, 0.5) is 0 Å². The first-order chi connectivity index (χ1) is 6.77. The summed E-state index contributed by atoms with van der Waals surface area (Å²) in [7, 11) is 0. The molecule has 1 fully saturated rings. The van der Waals surface area contributed by atoms with Crippen molar-refractivity contribution in [2.45, 2.75) is 50.4 Å². The van der Waals surface area contributed by atoms with Gasteiger partial charge in [-0.25, -0.2) is 0 Å². The maximum Gasteiger partial charge on any atom is 0.133 e. The van der Waals surface area contributed by atoms with E-state index in [9.17, 15) is 0 Å². The monoisotopic (exact) mass is 214 g/mol. The zero-order valence-electron chi connectivity index (χ0n) is 8.88. The third kappa shape index (κ3) is 3.48. The molecule has 0 aromatic carbocycles. The summed E-state index contributed by atoms with van der Waals surface area (Å²) in [5.41, 5.74) is 0. The smallest absolute Gasteiger partial charge is 0.133 e. The number of hydrogen-bond acceptors (Lipinski definition) is 2. The van der Waals surface area contributed by atoms with Gasteiger partial charge in [0.15, 0.2) is 0 Å². The Morgan fingerprint density at radius 3 is 2.57 bits per heavy atom. The number of halogens is 1. The molecule has 0 aromatic rings. The van der Waals surface area contributed by atoms with Gasteiger partial charge in [-0.3, -0.25) is 4.90 Å². The number of rotatable bonds is 4. The van der Waals surface area contributed by atoms with Crippen molar-refractivity contribution in [2.75, 3.05) is 13.1 Å². The normalized spacial score (nSPS) is 20.7. The highest BCUT2D eigenvalue weighted by molar-refractivity contribution is 6.22. The average molecular weight is 215 g/mol. The van der Waals surface area contributed by atoms with Gasteiger partial charge in [-0.2, -0.15) is 5.26 Å². The molecule has 2 nitrogen and oxygen atoms in total. The third-order valence-corrected chi connectivity index (χ3v) is 3.27. The van der Waals surface area contributed by atoms with Gasteiger partial charge in [0.2, 0.25) is 0 Å². The standard InChI is InChI=1S/C11H19ClN2/c1-2-14(9-10(12)8-13)11-6-4-3-5-7-11/h10-11H,2-7,9H2,1H3. The highest BCUT2D eigenvalue weighted by atomic mass is 35.5. The number of alkyl halides is 1. The summed E-state index contributed by atoms with van der Waals surface area (Å²) >= 11 is 5.86. The van der Waals surface area contributed by atoms with Crippen LogP contribution in [0, 0.1) is 11.3 Å². The quantitative estimate of drug-likeness (QED) is 0.673. The van der Waals surface area contributed by atoms with Gasteiger partial charge < -0.3 is 0 Å². The van der Waals surface area contributed by atoms with E-state index >= 15 is 0 Å². The summed E-state index contributed by atoms with van der Waals surface area (Å²) in [6.07, 6.45) is 6.60. The molecule has 0 heterocycles. The van der Waals surface area contributed by atoms with Gasteiger partial charge >= 0.3 is 0 Å². The van der Waals surface area contributed by atoms with Crippen LogP contribution < -0.4 is 0 Å². The first-order valence-electron chi connectivity index (χ1n) is 5.55. The van der Waals surface area contributed by atoms with Crippen molar-refractivity contribution >= 4 is 11.6 Å². The lowest BCUT2D eigenvalue weighted by molar-refractivity contribution is 0.168. The highest BCUT2D eigenvalue weighted by Crippen LogP contribution is 2.22. The second-order valence-corrected chi connectivity index (χ2v) is 4.50. The second-order valence-electron chi connectivity index (χ2n) is 3.98. The molecule has 1 aliphatic carbocycles. The van der Waals surface area contributed by atoms with Gasteiger partial charge in [-0.15, -0.1) is 11.6 Å². The number of nitriles is 1. The molecule has 0 radical (unpaired) electrons. The van der Waals surface area contributed by atoms with Gasteiger partial charge in [-0.1, -0.05) is 26.2 Å². The summed E-state index contributed by atoms with van der Waals surface area (Å²) in [5, 5.41) is 8.32. The minimum absolute atomic E-state index is 0.350. The van der Waals surface area contributed by atoms with Crippen LogP contribution in [0.25, 0.3) is 0 Å².